The van der Waals surface area contributed by atoms with Crippen molar-refractivity contribution in [3.8, 4) is 28.1 Å². The molecule has 266 valence electrons. The van der Waals surface area contributed by atoms with Gasteiger partial charge in [0.25, 0.3) is 0 Å². The Kier molecular flexibility index (Phi) is 6.99. The van der Waals surface area contributed by atoms with Crippen LogP contribution in [0.5, 0.6) is 0 Å². The van der Waals surface area contributed by atoms with Crippen molar-refractivity contribution in [3.63, 3.8) is 0 Å². The van der Waals surface area contributed by atoms with Crippen LogP contribution < -0.4 is 0 Å². The number of aromatic nitrogens is 2. The first-order chi connectivity index (χ1) is 28.2. The molecule has 0 bridgehead atoms. The van der Waals surface area contributed by atoms with Gasteiger partial charge in [0.15, 0.2) is 0 Å². The van der Waals surface area contributed by atoms with Gasteiger partial charge in [-0.15, -0.1) is 5.69 Å². The maximum atomic E-state index is 5.36. The zero-order valence-corrected chi connectivity index (χ0v) is 31.0. The summed E-state index contributed by atoms with van der Waals surface area (Å²) in [5.41, 5.74) is 16.0. The molecule has 3 nitrogen and oxygen atoms in total. The molecule has 1 aliphatic heterocycles. The van der Waals surface area contributed by atoms with Crippen LogP contribution in [0, 0.1) is 0 Å². The maximum absolute atomic E-state index is 5.36. The maximum Gasteiger partial charge on any atom is 0.0705 e. The van der Waals surface area contributed by atoms with Gasteiger partial charge in [0.1, 0.15) is 0 Å². The van der Waals surface area contributed by atoms with E-state index in [2.05, 4.69) is 205 Å². The van der Waals surface area contributed by atoms with E-state index in [9.17, 15) is 0 Å². The molecule has 0 radical (unpaired) electrons. The lowest BCUT2D eigenvalue weighted by molar-refractivity contribution is 0.910. The topological polar surface area (TPSA) is 31.9 Å². The largest absolute Gasteiger partial charge is 0.673 e. The molecule has 0 saturated carbocycles. The molecule has 3 heterocycles. The summed E-state index contributed by atoms with van der Waals surface area (Å²) in [5, 5.41) is 12.7. The molecule has 1 unspecified atom stereocenters. The molecule has 12 rings (SSSR count). The summed E-state index contributed by atoms with van der Waals surface area (Å²) in [7, 11) is 0. The lowest BCUT2D eigenvalue weighted by Gasteiger charge is -2.44. The van der Waals surface area contributed by atoms with E-state index in [0.29, 0.717) is 0 Å². The monoisotopic (exact) mass is 724 g/mol. The first-order valence-electron chi connectivity index (χ1n) is 19.6. The number of pyridine rings is 1. The van der Waals surface area contributed by atoms with Crippen molar-refractivity contribution < 1.29 is 0 Å². The van der Waals surface area contributed by atoms with Gasteiger partial charge < -0.3 is 9.88 Å². The second-order valence-electron chi connectivity index (χ2n) is 15.1. The van der Waals surface area contributed by atoms with Gasteiger partial charge >= 0.3 is 0 Å². The third-order valence-corrected chi connectivity index (χ3v) is 11.9. The van der Waals surface area contributed by atoms with E-state index in [1.165, 1.54) is 76.8 Å². The van der Waals surface area contributed by atoms with Crippen LogP contribution in [0.25, 0.3) is 88.4 Å². The second-order valence-corrected chi connectivity index (χ2v) is 15.1. The highest BCUT2D eigenvalue weighted by atomic mass is 15.0. The number of para-hydroxylation sites is 3. The molecular formula is C54H34N3-. The van der Waals surface area contributed by atoms with Gasteiger partial charge in [0.05, 0.1) is 16.7 Å². The molecule has 2 aromatic heterocycles. The number of hydrogen-bond donors (Lipinski definition) is 0. The highest BCUT2D eigenvalue weighted by molar-refractivity contribution is 6.09. The van der Waals surface area contributed by atoms with Crippen LogP contribution in [0.4, 0.5) is 5.69 Å². The predicted molar refractivity (Wildman–Crippen MR) is 238 cm³/mol. The minimum Gasteiger partial charge on any atom is -0.673 e. The van der Waals surface area contributed by atoms with Gasteiger partial charge in [0, 0.05) is 27.7 Å². The Bertz CT molecular complexity index is 3280. The van der Waals surface area contributed by atoms with Crippen molar-refractivity contribution in [2.24, 2.45) is 0 Å². The summed E-state index contributed by atoms with van der Waals surface area (Å²) >= 11 is 0. The van der Waals surface area contributed by atoms with E-state index in [1.54, 1.807) is 0 Å². The van der Waals surface area contributed by atoms with E-state index < -0.39 is 0 Å². The molecular weight excluding hydrogens is 691 g/mol. The van der Waals surface area contributed by atoms with Gasteiger partial charge in [-0.25, -0.2) is 0 Å². The highest BCUT2D eigenvalue weighted by Gasteiger charge is 2.25. The summed E-state index contributed by atoms with van der Waals surface area (Å²) in [5.74, 6) is 0. The van der Waals surface area contributed by atoms with Crippen molar-refractivity contribution in [2.45, 2.75) is 6.04 Å². The molecule has 1 atom stereocenters. The Morgan fingerprint density at radius 1 is 0.456 bits per heavy atom. The molecule has 3 heteroatoms. The van der Waals surface area contributed by atoms with Gasteiger partial charge in [-0.1, -0.05) is 146 Å². The number of fused-ring (bicyclic) bond motifs is 9. The van der Waals surface area contributed by atoms with Crippen LogP contribution in [0.1, 0.15) is 28.4 Å². The number of nitrogens with zero attached hydrogens (tertiary/aromatic N) is 3. The number of hydrogen-bond acceptors (Lipinski definition) is 1. The minimum absolute atomic E-state index is 0.170. The van der Waals surface area contributed by atoms with Crippen LogP contribution in [0.2, 0.25) is 0 Å². The molecule has 8 aromatic carbocycles. The molecule has 0 amide bonds. The molecule has 0 saturated heterocycles. The predicted octanol–water partition coefficient (Wildman–Crippen LogP) is 14.4. The van der Waals surface area contributed by atoms with Gasteiger partial charge in [-0.2, -0.15) is 0 Å². The smallest absolute Gasteiger partial charge is 0.0705 e. The van der Waals surface area contributed by atoms with E-state index >= 15 is 0 Å². The standard InChI is InChI=1S/C54H34N3/c1-2-11-34(12-3-1)52-46-17-4-7-18-49(46)56-54-47(52)27-25-35-26-28-48(55-53(35)54)40-24-23-39-30-41-29-37(21-22-38(41)31-42(39)32-40)36-13-10-14-43(33-36)57-50-19-8-5-15-44(50)45-16-6-9-20-51(45)57/h1-33,54H/q-1. The van der Waals surface area contributed by atoms with Crippen LogP contribution in [0.3, 0.4) is 0 Å². The first kappa shape index (κ1) is 31.8. The van der Waals surface area contributed by atoms with Crippen molar-refractivity contribution >= 4 is 60.7 Å². The lowest BCUT2D eigenvalue weighted by atomic mass is 9.81. The van der Waals surface area contributed by atoms with Crippen LogP contribution in [-0.4, -0.2) is 9.55 Å². The Balaban J connectivity index is 0.902. The minimum atomic E-state index is -0.170. The van der Waals surface area contributed by atoms with E-state index in [-0.39, 0.29) is 6.04 Å². The fourth-order valence-electron chi connectivity index (χ4n) is 9.16. The lowest BCUT2D eigenvalue weighted by Crippen LogP contribution is -2.14. The Morgan fingerprint density at radius 3 is 1.89 bits per heavy atom. The summed E-state index contributed by atoms with van der Waals surface area (Å²) in [6.07, 6.45) is 4.44. The Morgan fingerprint density at radius 2 is 1.11 bits per heavy atom. The fourth-order valence-corrected chi connectivity index (χ4v) is 9.16. The van der Waals surface area contributed by atoms with Crippen LogP contribution in [-0.2, 0) is 0 Å². The van der Waals surface area contributed by atoms with Crippen LogP contribution >= 0.6 is 0 Å². The molecule has 0 spiro atoms. The zero-order chi connectivity index (χ0) is 37.5. The van der Waals surface area contributed by atoms with Gasteiger partial charge in [-0.3, -0.25) is 4.98 Å². The van der Waals surface area contributed by atoms with Crippen molar-refractivity contribution in [1.82, 2.24) is 9.55 Å². The van der Waals surface area contributed by atoms with E-state index in [1.807, 2.05) is 0 Å². The fraction of sp³-hybridized carbons (Fsp3) is 0.0185. The molecule has 0 N–H and O–H groups in total. The third-order valence-electron chi connectivity index (χ3n) is 11.9. The Hall–Kier alpha value is -7.49. The average molecular weight is 725 g/mol. The summed E-state index contributed by atoms with van der Waals surface area (Å²) < 4.78 is 2.38. The highest BCUT2D eigenvalue weighted by Crippen LogP contribution is 2.52. The number of rotatable bonds is 4. The summed E-state index contributed by atoms with van der Waals surface area (Å²) in [4.78, 5) is 5.36. The van der Waals surface area contributed by atoms with Gasteiger partial charge in [-0.05, 0) is 121 Å². The quantitative estimate of drug-likeness (QED) is 0.166. The molecule has 1 aliphatic carbocycles. The normalized spacial score (nSPS) is 14.5. The van der Waals surface area contributed by atoms with Crippen LogP contribution in [0.15, 0.2) is 200 Å². The third kappa shape index (κ3) is 5.10. The van der Waals surface area contributed by atoms with E-state index in [4.69, 9.17) is 10.3 Å². The zero-order valence-electron chi connectivity index (χ0n) is 31.0. The molecule has 2 aliphatic rings. The first-order valence-corrected chi connectivity index (χ1v) is 19.6. The van der Waals surface area contributed by atoms with E-state index in [0.717, 1.165) is 33.9 Å². The average Bonchev–Trinajstić information content (AvgIpc) is 3.61. The van der Waals surface area contributed by atoms with Crippen molar-refractivity contribution in [1.29, 1.82) is 0 Å². The summed E-state index contributed by atoms with van der Waals surface area (Å²) in [6, 6.07) is 67.8. The Labute approximate surface area is 330 Å². The van der Waals surface area contributed by atoms with Crippen molar-refractivity contribution in [2.75, 3.05) is 0 Å². The van der Waals surface area contributed by atoms with Gasteiger partial charge in [0.2, 0.25) is 0 Å². The number of benzene rings is 8. The second kappa shape index (κ2) is 12.5. The molecule has 57 heavy (non-hydrogen) atoms. The molecule has 0 fully saturated rings. The SMILES string of the molecule is C1=Cc2ccc(-c3ccc4cc5cc(-c6cccc(-n7c8ccccc8c8ccccc87)c6)ccc5cc4c3)nc2C2[N-]c3ccccc3C(c3ccccc3)=C12. The molecule has 10 aromatic rings. The van der Waals surface area contributed by atoms with Crippen molar-refractivity contribution in [3.05, 3.63) is 227 Å². The summed E-state index contributed by atoms with van der Waals surface area (Å²) in [6.45, 7) is 0.